The summed E-state index contributed by atoms with van der Waals surface area (Å²) >= 11 is 12.0. The van der Waals surface area contributed by atoms with Gasteiger partial charge in [0.15, 0.2) is 0 Å². The van der Waals surface area contributed by atoms with Crippen molar-refractivity contribution in [2.45, 2.75) is 12.8 Å². The molecular weight excluding hydrogens is 352 g/mol. The third kappa shape index (κ3) is 2.89. The summed E-state index contributed by atoms with van der Waals surface area (Å²) in [5.41, 5.74) is 0.468. The summed E-state index contributed by atoms with van der Waals surface area (Å²) in [4.78, 5) is 4.28. The van der Waals surface area contributed by atoms with E-state index < -0.39 is 18.3 Å². The van der Waals surface area contributed by atoms with Gasteiger partial charge >= 0.3 is 6.18 Å². The van der Waals surface area contributed by atoms with Gasteiger partial charge in [-0.1, -0.05) is 23.2 Å². The lowest BCUT2D eigenvalue weighted by atomic mass is 10.1. The molecule has 0 spiro atoms. The van der Waals surface area contributed by atoms with Gasteiger partial charge in [0.05, 0.1) is 28.6 Å². The molecule has 1 N–H and O–H groups in total. The number of benzene rings is 1. The Bertz CT molecular complexity index is 890. The molecule has 0 aliphatic heterocycles. The molecule has 0 fully saturated rings. The van der Waals surface area contributed by atoms with E-state index in [1.807, 2.05) is 0 Å². The standard InChI is InChI=1S/C15H9Cl2F3N2O/c16-9-2-3-10(11(17)5-9)14-12(7-23)22-6-8(15(18,19)20)1-4-13(22)21-14/h1-6,23H,7H2. The van der Waals surface area contributed by atoms with Gasteiger partial charge in [-0.05, 0) is 30.3 Å². The van der Waals surface area contributed by atoms with E-state index in [4.69, 9.17) is 23.2 Å². The van der Waals surface area contributed by atoms with Crippen LogP contribution in [0.15, 0.2) is 36.5 Å². The van der Waals surface area contributed by atoms with E-state index in [1.165, 1.54) is 16.5 Å². The second kappa shape index (κ2) is 5.70. The average Bonchev–Trinajstić information content (AvgIpc) is 2.83. The Kier molecular flexibility index (Phi) is 4.00. The predicted molar refractivity (Wildman–Crippen MR) is 81.6 cm³/mol. The van der Waals surface area contributed by atoms with Crippen LogP contribution in [0.25, 0.3) is 16.9 Å². The maximum absolute atomic E-state index is 12.9. The molecule has 0 bridgehead atoms. The predicted octanol–water partition coefficient (Wildman–Crippen LogP) is 4.82. The third-order valence-electron chi connectivity index (χ3n) is 3.38. The zero-order chi connectivity index (χ0) is 16.8. The van der Waals surface area contributed by atoms with E-state index in [0.717, 1.165) is 12.3 Å². The number of rotatable bonds is 2. The molecule has 0 aliphatic rings. The van der Waals surface area contributed by atoms with Crippen molar-refractivity contribution in [3.8, 4) is 11.3 Å². The van der Waals surface area contributed by atoms with Crippen molar-refractivity contribution >= 4 is 28.8 Å². The van der Waals surface area contributed by atoms with Gasteiger partial charge in [-0.15, -0.1) is 0 Å². The Hall–Kier alpha value is -1.76. The molecule has 0 amide bonds. The fourth-order valence-electron chi connectivity index (χ4n) is 2.31. The van der Waals surface area contributed by atoms with Gasteiger partial charge in [0.25, 0.3) is 0 Å². The van der Waals surface area contributed by atoms with Crippen molar-refractivity contribution in [3.05, 3.63) is 57.8 Å². The molecule has 0 saturated carbocycles. The molecule has 23 heavy (non-hydrogen) atoms. The van der Waals surface area contributed by atoms with Gasteiger partial charge in [0, 0.05) is 16.8 Å². The maximum atomic E-state index is 12.9. The van der Waals surface area contributed by atoms with Crippen molar-refractivity contribution in [1.82, 2.24) is 9.38 Å². The van der Waals surface area contributed by atoms with Crippen molar-refractivity contribution in [1.29, 1.82) is 0 Å². The van der Waals surface area contributed by atoms with Gasteiger partial charge in [-0.3, -0.25) is 0 Å². The lowest BCUT2D eigenvalue weighted by Gasteiger charge is -2.08. The number of hydrogen-bond acceptors (Lipinski definition) is 2. The summed E-state index contributed by atoms with van der Waals surface area (Å²) < 4.78 is 39.8. The molecule has 3 nitrogen and oxygen atoms in total. The number of fused-ring (bicyclic) bond motifs is 1. The molecule has 3 rings (SSSR count). The number of aromatic nitrogens is 2. The molecule has 8 heteroatoms. The summed E-state index contributed by atoms with van der Waals surface area (Å²) in [7, 11) is 0. The minimum absolute atomic E-state index is 0.218. The smallest absolute Gasteiger partial charge is 0.390 e. The van der Waals surface area contributed by atoms with E-state index in [-0.39, 0.29) is 11.3 Å². The lowest BCUT2D eigenvalue weighted by molar-refractivity contribution is -0.137. The van der Waals surface area contributed by atoms with E-state index in [1.54, 1.807) is 12.1 Å². The van der Waals surface area contributed by atoms with E-state index >= 15 is 0 Å². The first-order valence-corrected chi connectivity index (χ1v) is 7.21. The van der Waals surface area contributed by atoms with E-state index in [2.05, 4.69) is 4.98 Å². The Labute approximate surface area is 138 Å². The van der Waals surface area contributed by atoms with Gasteiger partial charge in [-0.25, -0.2) is 4.98 Å². The summed E-state index contributed by atoms with van der Waals surface area (Å²) in [6, 6.07) is 6.89. The summed E-state index contributed by atoms with van der Waals surface area (Å²) in [5, 5.41) is 10.3. The quantitative estimate of drug-likeness (QED) is 0.711. The lowest BCUT2D eigenvalue weighted by Crippen LogP contribution is -2.07. The Balaban J connectivity index is 2.26. The van der Waals surface area contributed by atoms with Gasteiger partial charge < -0.3 is 9.51 Å². The van der Waals surface area contributed by atoms with Crippen LogP contribution < -0.4 is 0 Å². The van der Waals surface area contributed by atoms with Crippen LogP contribution in [0.1, 0.15) is 11.3 Å². The molecule has 1 aromatic carbocycles. The Morgan fingerprint density at radius 3 is 2.48 bits per heavy atom. The Morgan fingerprint density at radius 1 is 1.13 bits per heavy atom. The highest BCUT2D eigenvalue weighted by molar-refractivity contribution is 6.36. The Morgan fingerprint density at radius 2 is 1.87 bits per heavy atom. The van der Waals surface area contributed by atoms with Crippen LogP contribution >= 0.6 is 23.2 Å². The number of pyridine rings is 1. The highest BCUT2D eigenvalue weighted by atomic mass is 35.5. The fourth-order valence-corrected chi connectivity index (χ4v) is 2.81. The molecule has 2 aromatic heterocycles. The zero-order valence-electron chi connectivity index (χ0n) is 11.4. The molecule has 0 unspecified atom stereocenters. The number of aliphatic hydroxyl groups is 1. The van der Waals surface area contributed by atoms with Crippen molar-refractivity contribution in [2.75, 3.05) is 0 Å². The SMILES string of the molecule is OCc1c(-c2ccc(Cl)cc2Cl)nc2ccc(C(F)(F)F)cn12. The van der Waals surface area contributed by atoms with E-state index in [0.29, 0.717) is 21.3 Å². The third-order valence-corrected chi connectivity index (χ3v) is 3.93. The molecule has 3 aromatic rings. The summed E-state index contributed by atoms with van der Waals surface area (Å²) in [6.45, 7) is -0.489. The molecular formula is C15H9Cl2F3N2O. The number of aliphatic hydroxyl groups excluding tert-OH is 1. The number of alkyl halides is 3. The molecule has 0 aliphatic carbocycles. The van der Waals surface area contributed by atoms with Crippen molar-refractivity contribution in [2.24, 2.45) is 0 Å². The molecule has 0 radical (unpaired) electrons. The number of nitrogens with zero attached hydrogens (tertiary/aromatic N) is 2. The monoisotopic (exact) mass is 360 g/mol. The van der Waals surface area contributed by atoms with Gasteiger partial charge in [0.1, 0.15) is 5.65 Å². The van der Waals surface area contributed by atoms with Crippen LogP contribution in [0.4, 0.5) is 13.2 Å². The minimum Gasteiger partial charge on any atom is -0.390 e. The van der Waals surface area contributed by atoms with Crippen LogP contribution in [-0.2, 0) is 12.8 Å². The van der Waals surface area contributed by atoms with Crippen molar-refractivity contribution < 1.29 is 18.3 Å². The fraction of sp³-hybridized carbons (Fsp3) is 0.133. The van der Waals surface area contributed by atoms with Crippen LogP contribution in [-0.4, -0.2) is 14.5 Å². The molecule has 2 heterocycles. The summed E-state index contributed by atoms with van der Waals surface area (Å²) in [5.74, 6) is 0. The van der Waals surface area contributed by atoms with Crippen molar-refractivity contribution in [3.63, 3.8) is 0 Å². The second-order valence-corrected chi connectivity index (χ2v) is 5.68. The molecule has 120 valence electrons. The zero-order valence-corrected chi connectivity index (χ0v) is 12.9. The minimum atomic E-state index is -4.48. The van der Waals surface area contributed by atoms with Gasteiger partial charge in [0.2, 0.25) is 0 Å². The number of hydrogen-bond donors (Lipinski definition) is 1. The van der Waals surface area contributed by atoms with Crippen LogP contribution in [0.3, 0.4) is 0 Å². The maximum Gasteiger partial charge on any atom is 0.417 e. The first-order chi connectivity index (χ1) is 10.8. The molecule has 0 atom stereocenters. The number of halogens is 5. The van der Waals surface area contributed by atoms with E-state index in [9.17, 15) is 18.3 Å². The van der Waals surface area contributed by atoms with Crippen LogP contribution in [0.2, 0.25) is 10.0 Å². The first-order valence-electron chi connectivity index (χ1n) is 6.45. The molecule has 0 saturated heterocycles. The van der Waals surface area contributed by atoms with Crippen LogP contribution in [0, 0.1) is 0 Å². The first kappa shape index (κ1) is 16.1. The van der Waals surface area contributed by atoms with Crippen LogP contribution in [0.5, 0.6) is 0 Å². The van der Waals surface area contributed by atoms with Gasteiger partial charge in [-0.2, -0.15) is 13.2 Å². The summed E-state index contributed by atoms with van der Waals surface area (Å²) in [6.07, 6.45) is -3.58. The average molecular weight is 361 g/mol. The normalized spacial score (nSPS) is 12.1. The largest absolute Gasteiger partial charge is 0.417 e. The number of imidazole rings is 1. The topological polar surface area (TPSA) is 37.5 Å². The highest BCUT2D eigenvalue weighted by Gasteiger charge is 2.31. The highest BCUT2D eigenvalue weighted by Crippen LogP contribution is 2.34. The second-order valence-electron chi connectivity index (χ2n) is 4.83.